The number of ether oxygens (including phenoxy) is 1. The van der Waals surface area contributed by atoms with Crippen molar-refractivity contribution >= 4 is 17.8 Å². The van der Waals surface area contributed by atoms with E-state index in [9.17, 15) is 14.4 Å². The quantitative estimate of drug-likeness (QED) is 0.646. The molecule has 0 heterocycles. The Balaban J connectivity index is 2.57. The first-order valence-electron chi connectivity index (χ1n) is 6.46. The summed E-state index contributed by atoms with van der Waals surface area (Å²) in [5, 5.41) is 11.3. The average Bonchev–Trinajstić information content (AvgIpc) is 2.44. The molecule has 1 rings (SSSR count). The number of nitrogens with two attached hydrogens (primary N) is 1. The van der Waals surface area contributed by atoms with E-state index in [0.717, 1.165) is 0 Å². The molecule has 1 unspecified atom stereocenters. The van der Waals surface area contributed by atoms with Crippen LogP contribution in [0.3, 0.4) is 0 Å². The molecule has 0 saturated heterocycles. The summed E-state index contributed by atoms with van der Waals surface area (Å²) in [7, 11) is 0. The van der Waals surface area contributed by atoms with Gasteiger partial charge in [-0.2, -0.15) is 0 Å². The Hall–Kier alpha value is -2.57. The van der Waals surface area contributed by atoms with Crippen LogP contribution < -0.4 is 15.8 Å². The first kappa shape index (κ1) is 16.5. The molecule has 4 N–H and O–H groups in total. The number of hydrogen-bond donors (Lipinski definition) is 3. The number of amides is 2. The van der Waals surface area contributed by atoms with Crippen molar-refractivity contribution in [1.29, 1.82) is 0 Å². The molecule has 7 heteroatoms. The normalized spacial score (nSPS) is 11.5. The molecule has 0 aliphatic rings. The van der Waals surface area contributed by atoms with Gasteiger partial charge in [-0.05, 0) is 18.6 Å². The number of para-hydroxylation sites is 1. The van der Waals surface area contributed by atoms with Gasteiger partial charge in [0.05, 0.1) is 12.0 Å². The molecule has 0 fully saturated rings. The highest BCUT2D eigenvalue weighted by Crippen LogP contribution is 2.16. The van der Waals surface area contributed by atoms with Gasteiger partial charge in [-0.1, -0.05) is 19.1 Å². The minimum Gasteiger partial charge on any atom is -0.483 e. The lowest BCUT2D eigenvalue weighted by Gasteiger charge is -2.15. The molecule has 0 saturated carbocycles. The van der Waals surface area contributed by atoms with E-state index in [-0.39, 0.29) is 24.3 Å². The summed E-state index contributed by atoms with van der Waals surface area (Å²) in [6.07, 6.45) is 0.343. The highest BCUT2D eigenvalue weighted by Gasteiger charge is 2.15. The first-order chi connectivity index (χ1) is 9.93. The Bertz CT molecular complexity index is 530. The molecule has 114 valence electrons. The van der Waals surface area contributed by atoms with Gasteiger partial charge in [-0.3, -0.25) is 14.4 Å². The molecular weight excluding hydrogens is 276 g/mol. The van der Waals surface area contributed by atoms with Crippen molar-refractivity contribution in [1.82, 2.24) is 5.32 Å². The summed E-state index contributed by atoms with van der Waals surface area (Å²) >= 11 is 0. The van der Waals surface area contributed by atoms with E-state index in [1.54, 1.807) is 19.1 Å². The molecule has 7 nitrogen and oxygen atoms in total. The predicted molar refractivity (Wildman–Crippen MR) is 74.9 cm³/mol. The third-order valence-electron chi connectivity index (χ3n) is 2.79. The van der Waals surface area contributed by atoms with Crippen molar-refractivity contribution in [2.45, 2.75) is 25.8 Å². The van der Waals surface area contributed by atoms with Crippen LogP contribution >= 0.6 is 0 Å². The number of carboxylic acid groups (broad SMARTS) is 1. The van der Waals surface area contributed by atoms with Gasteiger partial charge in [0.25, 0.3) is 11.8 Å². The Morgan fingerprint density at radius 3 is 2.57 bits per heavy atom. The van der Waals surface area contributed by atoms with E-state index in [4.69, 9.17) is 15.6 Å². The van der Waals surface area contributed by atoms with Crippen LogP contribution in [0.5, 0.6) is 5.75 Å². The minimum atomic E-state index is -0.984. The number of nitrogens with one attached hydrogen (secondary N) is 1. The maximum atomic E-state index is 11.7. The number of carboxylic acids is 1. The van der Waals surface area contributed by atoms with Gasteiger partial charge in [0.1, 0.15) is 5.75 Å². The molecule has 1 aromatic carbocycles. The Labute approximate surface area is 122 Å². The maximum absolute atomic E-state index is 11.7. The molecular formula is C14H18N2O5. The van der Waals surface area contributed by atoms with E-state index in [2.05, 4.69) is 5.32 Å². The second-order valence-corrected chi connectivity index (χ2v) is 4.42. The van der Waals surface area contributed by atoms with Gasteiger partial charge < -0.3 is 20.9 Å². The second-order valence-electron chi connectivity index (χ2n) is 4.42. The molecule has 0 aliphatic heterocycles. The third kappa shape index (κ3) is 5.52. The van der Waals surface area contributed by atoms with Crippen LogP contribution in [0, 0.1) is 0 Å². The highest BCUT2D eigenvalue weighted by atomic mass is 16.5. The summed E-state index contributed by atoms with van der Waals surface area (Å²) < 4.78 is 5.25. The highest BCUT2D eigenvalue weighted by molar-refractivity contribution is 5.95. The Morgan fingerprint density at radius 1 is 1.33 bits per heavy atom. The first-order valence-corrected chi connectivity index (χ1v) is 6.46. The van der Waals surface area contributed by atoms with Crippen molar-refractivity contribution in [3.63, 3.8) is 0 Å². The van der Waals surface area contributed by atoms with Crippen LogP contribution in [0.15, 0.2) is 24.3 Å². The number of carbonyl (C=O) groups is 3. The second kappa shape index (κ2) is 7.88. The van der Waals surface area contributed by atoms with Crippen LogP contribution in [0.4, 0.5) is 0 Å². The lowest BCUT2D eigenvalue weighted by atomic mass is 10.1. The summed E-state index contributed by atoms with van der Waals surface area (Å²) in [6, 6.07) is 5.85. The van der Waals surface area contributed by atoms with Crippen molar-refractivity contribution in [3.05, 3.63) is 29.8 Å². The minimum absolute atomic E-state index is 0.153. The zero-order valence-corrected chi connectivity index (χ0v) is 11.7. The van der Waals surface area contributed by atoms with Crippen molar-refractivity contribution in [3.8, 4) is 5.75 Å². The van der Waals surface area contributed by atoms with Gasteiger partial charge in [0.2, 0.25) is 0 Å². The molecule has 0 bridgehead atoms. The lowest BCUT2D eigenvalue weighted by molar-refractivity contribution is -0.137. The van der Waals surface area contributed by atoms with Gasteiger partial charge in [0.15, 0.2) is 6.61 Å². The fraction of sp³-hybridized carbons (Fsp3) is 0.357. The summed E-state index contributed by atoms with van der Waals surface area (Å²) in [5.74, 6) is -1.88. The zero-order valence-electron chi connectivity index (χ0n) is 11.7. The molecule has 0 aliphatic carbocycles. The largest absolute Gasteiger partial charge is 0.483 e. The molecule has 0 radical (unpaired) electrons. The average molecular weight is 294 g/mol. The third-order valence-corrected chi connectivity index (χ3v) is 2.79. The number of primary amides is 1. The van der Waals surface area contributed by atoms with Crippen molar-refractivity contribution < 1.29 is 24.2 Å². The van der Waals surface area contributed by atoms with Crippen molar-refractivity contribution in [2.24, 2.45) is 5.73 Å². The fourth-order valence-corrected chi connectivity index (χ4v) is 1.72. The summed E-state index contributed by atoms with van der Waals surface area (Å²) in [6.45, 7) is 1.46. The standard InChI is InChI=1S/C14H18N2O5/c1-2-9(7-13(18)19)16-12(17)8-21-11-6-4-3-5-10(11)14(15)20/h3-6,9H,2,7-8H2,1H3,(H2,15,20)(H,16,17)(H,18,19). The molecule has 2 amide bonds. The zero-order chi connectivity index (χ0) is 15.8. The van der Waals surface area contributed by atoms with Crippen LogP contribution in [0.25, 0.3) is 0 Å². The van der Waals surface area contributed by atoms with Gasteiger partial charge >= 0.3 is 5.97 Å². The molecule has 21 heavy (non-hydrogen) atoms. The van der Waals surface area contributed by atoms with Crippen LogP contribution in [0.2, 0.25) is 0 Å². The smallest absolute Gasteiger partial charge is 0.305 e. The van der Waals surface area contributed by atoms with E-state index in [1.165, 1.54) is 12.1 Å². The Kier molecular flexibility index (Phi) is 6.19. The summed E-state index contributed by atoms with van der Waals surface area (Å²) in [5.41, 5.74) is 5.38. The number of rotatable bonds is 8. The van der Waals surface area contributed by atoms with Crippen molar-refractivity contribution in [2.75, 3.05) is 6.61 Å². The topological polar surface area (TPSA) is 119 Å². The van der Waals surface area contributed by atoms with E-state index in [0.29, 0.717) is 6.42 Å². The predicted octanol–water partition coefficient (Wildman–Crippen LogP) is 0.534. The molecule has 0 aromatic heterocycles. The van der Waals surface area contributed by atoms with Gasteiger partial charge in [-0.25, -0.2) is 0 Å². The Morgan fingerprint density at radius 2 is 2.00 bits per heavy atom. The van der Waals surface area contributed by atoms with Gasteiger partial charge in [0, 0.05) is 6.04 Å². The van der Waals surface area contributed by atoms with Gasteiger partial charge in [-0.15, -0.1) is 0 Å². The maximum Gasteiger partial charge on any atom is 0.305 e. The van der Waals surface area contributed by atoms with Crippen LogP contribution in [-0.4, -0.2) is 35.5 Å². The SMILES string of the molecule is CCC(CC(=O)O)NC(=O)COc1ccccc1C(N)=O. The monoisotopic (exact) mass is 294 g/mol. The number of aliphatic carboxylic acids is 1. The van der Waals surface area contributed by atoms with Crippen LogP contribution in [0.1, 0.15) is 30.1 Å². The number of benzene rings is 1. The summed E-state index contributed by atoms with van der Waals surface area (Å²) in [4.78, 5) is 33.5. The number of hydrogen-bond acceptors (Lipinski definition) is 4. The lowest BCUT2D eigenvalue weighted by Crippen LogP contribution is -2.39. The van der Waals surface area contributed by atoms with Crippen LogP contribution in [-0.2, 0) is 9.59 Å². The molecule has 1 atom stereocenters. The fourth-order valence-electron chi connectivity index (χ4n) is 1.72. The molecule has 1 aromatic rings. The molecule has 0 spiro atoms. The van der Waals surface area contributed by atoms with E-state index >= 15 is 0 Å². The van der Waals surface area contributed by atoms with E-state index in [1.807, 2.05) is 0 Å². The number of carbonyl (C=O) groups excluding carboxylic acids is 2. The van der Waals surface area contributed by atoms with E-state index < -0.39 is 23.8 Å².